The van der Waals surface area contributed by atoms with Gasteiger partial charge in [-0.1, -0.05) is 38.2 Å². The molecule has 0 spiro atoms. The second-order valence-corrected chi connectivity index (χ2v) is 8.12. The molecule has 0 saturated carbocycles. The third-order valence-electron chi connectivity index (χ3n) is 3.55. The van der Waals surface area contributed by atoms with Gasteiger partial charge in [0.15, 0.2) is 9.84 Å². The highest BCUT2D eigenvalue weighted by Crippen LogP contribution is 2.26. The Morgan fingerprint density at radius 2 is 1.58 bits per heavy atom. The first-order chi connectivity index (χ1) is 8.67. The Kier molecular flexibility index (Phi) is 5.10. The van der Waals surface area contributed by atoms with E-state index < -0.39 is 15.1 Å². The SMILES string of the molecule is CC(C(N)=S)C(C)c1ccc(S(=O)(=O)C(C)C)cc1. The molecule has 0 bridgehead atoms. The van der Waals surface area contributed by atoms with Gasteiger partial charge in [-0.3, -0.25) is 0 Å². The predicted molar refractivity (Wildman–Crippen MR) is 83.1 cm³/mol. The summed E-state index contributed by atoms with van der Waals surface area (Å²) < 4.78 is 24.0. The molecule has 5 heteroatoms. The average molecular weight is 299 g/mol. The van der Waals surface area contributed by atoms with Crippen LogP contribution in [-0.4, -0.2) is 18.7 Å². The van der Waals surface area contributed by atoms with Gasteiger partial charge in [-0.05, 0) is 37.5 Å². The van der Waals surface area contributed by atoms with Crippen molar-refractivity contribution >= 4 is 27.0 Å². The monoisotopic (exact) mass is 299 g/mol. The van der Waals surface area contributed by atoms with Gasteiger partial charge in [0.2, 0.25) is 0 Å². The molecule has 1 rings (SSSR count). The lowest BCUT2D eigenvalue weighted by Crippen LogP contribution is -2.23. The van der Waals surface area contributed by atoms with E-state index in [0.29, 0.717) is 9.88 Å². The van der Waals surface area contributed by atoms with Gasteiger partial charge in [0.25, 0.3) is 0 Å². The highest BCUT2D eigenvalue weighted by molar-refractivity contribution is 7.92. The van der Waals surface area contributed by atoms with E-state index in [0.717, 1.165) is 5.56 Å². The molecule has 3 nitrogen and oxygen atoms in total. The molecule has 19 heavy (non-hydrogen) atoms. The van der Waals surface area contributed by atoms with Crippen LogP contribution in [0.15, 0.2) is 29.2 Å². The summed E-state index contributed by atoms with van der Waals surface area (Å²) in [7, 11) is -3.21. The lowest BCUT2D eigenvalue weighted by atomic mass is 9.89. The molecule has 106 valence electrons. The Labute approximate surface area is 121 Å². The summed E-state index contributed by atoms with van der Waals surface area (Å²) in [4.78, 5) is 0.841. The first-order valence-electron chi connectivity index (χ1n) is 6.31. The van der Waals surface area contributed by atoms with E-state index in [9.17, 15) is 8.42 Å². The molecule has 0 aliphatic carbocycles. The molecule has 0 amide bonds. The summed E-state index contributed by atoms with van der Waals surface area (Å²) in [5.74, 6) is 0.260. The van der Waals surface area contributed by atoms with Crippen molar-refractivity contribution in [2.75, 3.05) is 0 Å². The second kappa shape index (κ2) is 6.01. The molecular formula is C14H21NO2S2. The van der Waals surface area contributed by atoms with E-state index in [1.165, 1.54) is 0 Å². The maximum Gasteiger partial charge on any atom is 0.180 e. The fraction of sp³-hybridized carbons (Fsp3) is 0.500. The summed E-state index contributed by atoms with van der Waals surface area (Å²) in [6.45, 7) is 7.38. The number of benzene rings is 1. The Balaban J connectivity index is 3.04. The number of thiocarbonyl (C=S) groups is 1. The highest BCUT2D eigenvalue weighted by Gasteiger charge is 2.21. The number of hydrogen-bond donors (Lipinski definition) is 1. The van der Waals surface area contributed by atoms with E-state index >= 15 is 0 Å². The van der Waals surface area contributed by atoms with Crippen molar-refractivity contribution in [2.45, 2.75) is 43.8 Å². The van der Waals surface area contributed by atoms with Crippen LogP contribution in [0.1, 0.15) is 39.2 Å². The number of sulfone groups is 1. The molecule has 0 fully saturated rings. The number of nitrogens with two attached hydrogens (primary N) is 1. The van der Waals surface area contributed by atoms with Crippen LogP contribution in [0.4, 0.5) is 0 Å². The predicted octanol–water partition coefficient (Wildman–Crippen LogP) is 2.89. The van der Waals surface area contributed by atoms with Gasteiger partial charge in [0.05, 0.1) is 15.1 Å². The zero-order valence-electron chi connectivity index (χ0n) is 11.8. The van der Waals surface area contributed by atoms with E-state index in [4.69, 9.17) is 18.0 Å². The van der Waals surface area contributed by atoms with Crippen LogP contribution in [0.2, 0.25) is 0 Å². The van der Waals surface area contributed by atoms with E-state index in [-0.39, 0.29) is 11.8 Å². The van der Waals surface area contributed by atoms with Crippen LogP contribution >= 0.6 is 12.2 Å². The van der Waals surface area contributed by atoms with Crippen LogP contribution in [0.25, 0.3) is 0 Å². The van der Waals surface area contributed by atoms with Crippen molar-refractivity contribution in [1.29, 1.82) is 0 Å². The molecule has 0 aliphatic rings. The van der Waals surface area contributed by atoms with Crippen molar-refractivity contribution in [2.24, 2.45) is 11.7 Å². The van der Waals surface area contributed by atoms with Crippen LogP contribution in [-0.2, 0) is 9.84 Å². The second-order valence-electron chi connectivity index (χ2n) is 5.14. The Morgan fingerprint density at radius 1 is 1.11 bits per heavy atom. The normalized spacial score (nSPS) is 15.2. The molecule has 0 aromatic heterocycles. The summed E-state index contributed by atoms with van der Waals surface area (Å²) in [6.07, 6.45) is 0. The zero-order valence-corrected chi connectivity index (χ0v) is 13.4. The fourth-order valence-electron chi connectivity index (χ4n) is 1.77. The van der Waals surface area contributed by atoms with Crippen molar-refractivity contribution in [1.82, 2.24) is 0 Å². The minimum atomic E-state index is -3.21. The topological polar surface area (TPSA) is 60.2 Å². The van der Waals surface area contributed by atoms with Crippen molar-refractivity contribution in [3.05, 3.63) is 29.8 Å². The van der Waals surface area contributed by atoms with Crippen molar-refractivity contribution < 1.29 is 8.42 Å². The largest absolute Gasteiger partial charge is 0.393 e. The van der Waals surface area contributed by atoms with Gasteiger partial charge in [0, 0.05) is 5.92 Å². The fourth-order valence-corrected chi connectivity index (χ4v) is 3.03. The molecule has 1 aromatic carbocycles. The molecule has 0 heterocycles. The zero-order chi connectivity index (χ0) is 14.8. The quantitative estimate of drug-likeness (QED) is 0.849. The Morgan fingerprint density at radius 3 is 1.95 bits per heavy atom. The molecular weight excluding hydrogens is 278 g/mol. The third kappa shape index (κ3) is 3.54. The van der Waals surface area contributed by atoms with Crippen LogP contribution in [0, 0.1) is 5.92 Å². The van der Waals surface area contributed by atoms with Crippen LogP contribution in [0.3, 0.4) is 0 Å². The van der Waals surface area contributed by atoms with Crippen LogP contribution < -0.4 is 5.73 Å². The molecule has 1 aromatic rings. The van der Waals surface area contributed by atoms with Gasteiger partial charge in [0.1, 0.15) is 0 Å². The lowest BCUT2D eigenvalue weighted by molar-refractivity contribution is 0.587. The smallest absolute Gasteiger partial charge is 0.180 e. The first-order valence-corrected chi connectivity index (χ1v) is 8.26. The summed E-state index contributed by atoms with van der Waals surface area (Å²) in [5.41, 5.74) is 6.69. The first kappa shape index (κ1) is 16.1. The highest BCUT2D eigenvalue weighted by atomic mass is 32.2. The van der Waals surface area contributed by atoms with Crippen molar-refractivity contribution in [3.63, 3.8) is 0 Å². The maximum atomic E-state index is 12.0. The van der Waals surface area contributed by atoms with E-state index in [1.807, 2.05) is 26.0 Å². The van der Waals surface area contributed by atoms with Gasteiger partial charge in [-0.15, -0.1) is 0 Å². The molecule has 2 atom stereocenters. The minimum Gasteiger partial charge on any atom is -0.393 e. The van der Waals surface area contributed by atoms with Gasteiger partial charge in [-0.25, -0.2) is 8.42 Å². The number of rotatable bonds is 5. The molecule has 0 aliphatic heterocycles. The van der Waals surface area contributed by atoms with Crippen molar-refractivity contribution in [3.8, 4) is 0 Å². The van der Waals surface area contributed by atoms with E-state index in [2.05, 4.69) is 0 Å². The summed E-state index contributed by atoms with van der Waals surface area (Å²) in [6, 6.07) is 7.00. The standard InChI is InChI=1S/C14H21NO2S2/c1-9(2)19(16,17)13-7-5-12(6-8-13)10(3)11(4)14(15)18/h5-11H,1-4H3,(H2,15,18). The molecule has 0 radical (unpaired) electrons. The lowest BCUT2D eigenvalue weighted by Gasteiger charge is -2.19. The van der Waals surface area contributed by atoms with Gasteiger partial charge in [-0.2, -0.15) is 0 Å². The third-order valence-corrected chi connectivity index (χ3v) is 6.10. The van der Waals surface area contributed by atoms with Gasteiger partial charge < -0.3 is 5.73 Å². The summed E-state index contributed by atoms with van der Waals surface area (Å²) in [5, 5.41) is -0.411. The molecule has 2 N–H and O–H groups in total. The van der Waals surface area contributed by atoms with E-state index in [1.54, 1.807) is 26.0 Å². The average Bonchev–Trinajstić information content (AvgIpc) is 2.36. The maximum absolute atomic E-state index is 12.0. The Bertz CT molecular complexity index is 547. The van der Waals surface area contributed by atoms with Gasteiger partial charge >= 0.3 is 0 Å². The Hall–Kier alpha value is -0.940. The summed E-state index contributed by atoms with van der Waals surface area (Å²) >= 11 is 5.00. The minimum absolute atomic E-state index is 0.0857. The molecule has 0 saturated heterocycles. The number of hydrogen-bond acceptors (Lipinski definition) is 3. The molecule has 2 unspecified atom stereocenters. The van der Waals surface area contributed by atoms with Crippen LogP contribution in [0.5, 0.6) is 0 Å².